The van der Waals surface area contributed by atoms with Crippen LogP contribution in [0.2, 0.25) is 0 Å². The largest absolute Gasteiger partial charge is 0.0683 e. The van der Waals surface area contributed by atoms with E-state index in [1.807, 2.05) is 27.7 Å². The summed E-state index contributed by atoms with van der Waals surface area (Å²) in [6, 6.07) is 15.7. The van der Waals surface area contributed by atoms with Crippen molar-refractivity contribution in [3.8, 4) is 11.1 Å². The Balaban J connectivity index is 0.000000510. The van der Waals surface area contributed by atoms with Crippen molar-refractivity contribution in [2.45, 2.75) is 60.3 Å². The summed E-state index contributed by atoms with van der Waals surface area (Å²) in [6.07, 6.45) is 1.09. The SMILES string of the molecule is CC.CC.CC(C)(C)c1ccc2c(c1)Cc1ccccc1-2. The maximum absolute atomic E-state index is 2.38. The lowest BCUT2D eigenvalue weighted by molar-refractivity contribution is 0.590. The van der Waals surface area contributed by atoms with E-state index in [-0.39, 0.29) is 5.41 Å². The van der Waals surface area contributed by atoms with Crippen LogP contribution >= 0.6 is 0 Å². The van der Waals surface area contributed by atoms with Gasteiger partial charge in [0.1, 0.15) is 0 Å². The number of hydrogen-bond acceptors (Lipinski definition) is 0. The molecule has 0 unspecified atom stereocenters. The van der Waals surface area contributed by atoms with Crippen LogP contribution < -0.4 is 0 Å². The number of rotatable bonds is 0. The molecule has 0 bridgehead atoms. The minimum absolute atomic E-state index is 0.240. The third-order valence-electron chi connectivity index (χ3n) is 3.66. The second-order valence-electron chi connectivity index (χ2n) is 5.96. The molecular formula is C21H30. The zero-order chi connectivity index (χ0) is 16.0. The van der Waals surface area contributed by atoms with E-state index in [4.69, 9.17) is 0 Å². The van der Waals surface area contributed by atoms with E-state index in [1.54, 1.807) is 0 Å². The molecule has 21 heavy (non-hydrogen) atoms. The van der Waals surface area contributed by atoms with Gasteiger partial charge < -0.3 is 0 Å². The van der Waals surface area contributed by atoms with E-state index < -0.39 is 0 Å². The molecule has 0 radical (unpaired) electrons. The van der Waals surface area contributed by atoms with Crippen LogP contribution in [0.25, 0.3) is 11.1 Å². The zero-order valence-electron chi connectivity index (χ0n) is 14.7. The van der Waals surface area contributed by atoms with Gasteiger partial charge in [-0.25, -0.2) is 0 Å². The predicted octanol–water partition coefficient (Wildman–Crippen LogP) is 6.61. The molecule has 0 N–H and O–H groups in total. The van der Waals surface area contributed by atoms with Crippen molar-refractivity contribution in [2.24, 2.45) is 0 Å². The fourth-order valence-electron chi connectivity index (χ4n) is 2.61. The van der Waals surface area contributed by atoms with E-state index in [9.17, 15) is 0 Å². The first kappa shape index (κ1) is 17.5. The second kappa shape index (κ2) is 7.45. The maximum Gasteiger partial charge on any atom is -0.00134 e. The fraction of sp³-hybridized carbons (Fsp3) is 0.429. The average Bonchev–Trinajstić information content (AvgIpc) is 2.88. The summed E-state index contributed by atoms with van der Waals surface area (Å²) in [5.41, 5.74) is 7.47. The zero-order valence-corrected chi connectivity index (χ0v) is 14.7. The molecule has 1 aliphatic rings. The van der Waals surface area contributed by atoms with Crippen LogP contribution in [0.4, 0.5) is 0 Å². The molecule has 0 saturated carbocycles. The molecule has 0 aromatic heterocycles. The Kier molecular flexibility index (Phi) is 6.20. The molecule has 0 saturated heterocycles. The first-order chi connectivity index (χ1) is 10.1. The van der Waals surface area contributed by atoms with Crippen LogP contribution in [0.5, 0.6) is 0 Å². The minimum Gasteiger partial charge on any atom is -0.0683 e. The summed E-state index contributed by atoms with van der Waals surface area (Å²) in [4.78, 5) is 0. The molecule has 2 aromatic rings. The molecule has 1 aliphatic carbocycles. The van der Waals surface area contributed by atoms with Gasteiger partial charge in [-0.1, -0.05) is 90.9 Å². The van der Waals surface area contributed by atoms with Crippen LogP contribution in [-0.2, 0) is 11.8 Å². The van der Waals surface area contributed by atoms with E-state index in [1.165, 1.54) is 27.8 Å². The summed E-state index contributed by atoms with van der Waals surface area (Å²) >= 11 is 0. The number of hydrogen-bond donors (Lipinski definition) is 0. The molecule has 0 amide bonds. The van der Waals surface area contributed by atoms with Crippen molar-refractivity contribution >= 4 is 0 Å². The Morgan fingerprint density at radius 3 is 1.90 bits per heavy atom. The van der Waals surface area contributed by atoms with Crippen molar-refractivity contribution < 1.29 is 0 Å². The average molecular weight is 282 g/mol. The highest BCUT2D eigenvalue weighted by atomic mass is 14.2. The van der Waals surface area contributed by atoms with Crippen LogP contribution in [0.15, 0.2) is 42.5 Å². The van der Waals surface area contributed by atoms with Crippen molar-refractivity contribution in [1.82, 2.24) is 0 Å². The van der Waals surface area contributed by atoms with Crippen LogP contribution in [0, 0.1) is 0 Å². The standard InChI is InChI=1S/C17H18.2C2H6/c1-17(2,3)14-8-9-16-13(11-14)10-12-6-4-5-7-15(12)16;2*1-2/h4-9,11H,10H2,1-3H3;2*1-2H3. The smallest absolute Gasteiger partial charge is 0.00134 e. The van der Waals surface area contributed by atoms with Gasteiger partial charge >= 0.3 is 0 Å². The Bertz CT molecular complexity index is 571. The lowest BCUT2D eigenvalue weighted by Crippen LogP contribution is -2.11. The first-order valence-corrected chi connectivity index (χ1v) is 8.27. The molecule has 114 valence electrons. The third-order valence-corrected chi connectivity index (χ3v) is 3.66. The Morgan fingerprint density at radius 2 is 1.29 bits per heavy atom. The molecule has 0 spiro atoms. The fourth-order valence-corrected chi connectivity index (χ4v) is 2.61. The Hall–Kier alpha value is -1.56. The summed E-state index contributed by atoms with van der Waals surface area (Å²) in [7, 11) is 0. The summed E-state index contributed by atoms with van der Waals surface area (Å²) in [6.45, 7) is 14.8. The molecule has 0 atom stereocenters. The van der Waals surface area contributed by atoms with Crippen molar-refractivity contribution in [3.05, 3.63) is 59.2 Å². The monoisotopic (exact) mass is 282 g/mol. The minimum atomic E-state index is 0.240. The molecule has 0 fully saturated rings. The van der Waals surface area contributed by atoms with Gasteiger partial charge in [0.2, 0.25) is 0 Å². The second-order valence-corrected chi connectivity index (χ2v) is 5.96. The highest BCUT2D eigenvalue weighted by molar-refractivity contribution is 5.77. The highest BCUT2D eigenvalue weighted by Crippen LogP contribution is 2.38. The molecule has 2 aromatic carbocycles. The maximum atomic E-state index is 2.38. The molecule has 0 nitrogen and oxygen atoms in total. The quantitative estimate of drug-likeness (QED) is 0.435. The van der Waals surface area contributed by atoms with Gasteiger partial charge in [-0.2, -0.15) is 0 Å². The normalized spacial score (nSPS) is 11.4. The van der Waals surface area contributed by atoms with Crippen molar-refractivity contribution in [3.63, 3.8) is 0 Å². The third kappa shape index (κ3) is 3.75. The first-order valence-electron chi connectivity index (χ1n) is 8.27. The Morgan fingerprint density at radius 1 is 0.714 bits per heavy atom. The van der Waals surface area contributed by atoms with Gasteiger partial charge in [-0.15, -0.1) is 0 Å². The predicted molar refractivity (Wildman–Crippen MR) is 96.1 cm³/mol. The lowest BCUT2D eigenvalue weighted by atomic mass is 9.85. The van der Waals surface area contributed by atoms with Crippen LogP contribution in [0.3, 0.4) is 0 Å². The molecule has 3 rings (SSSR count). The van der Waals surface area contributed by atoms with Crippen LogP contribution in [0.1, 0.15) is 65.2 Å². The van der Waals surface area contributed by atoms with Gasteiger partial charge in [0.25, 0.3) is 0 Å². The van der Waals surface area contributed by atoms with Gasteiger partial charge in [-0.3, -0.25) is 0 Å². The van der Waals surface area contributed by atoms with E-state index in [2.05, 4.69) is 63.2 Å². The van der Waals surface area contributed by atoms with Gasteiger partial charge in [0, 0.05) is 0 Å². The van der Waals surface area contributed by atoms with Crippen LogP contribution in [-0.4, -0.2) is 0 Å². The van der Waals surface area contributed by atoms with E-state index >= 15 is 0 Å². The van der Waals surface area contributed by atoms with E-state index in [0.29, 0.717) is 0 Å². The number of fused-ring (bicyclic) bond motifs is 3. The molecular weight excluding hydrogens is 252 g/mol. The highest BCUT2D eigenvalue weighted by Gasteiger charge is 2.21. The lowest BCUT2D eigenvalue weighted by Gasteiger charge is -2.20. The number of benzene rings is 2. The van der Waals surface area contributed by atoms with Crippen molar-refractivity contribution in [1.29, 1.82) is 0 Å². The van der Waals surface area contributed by atoms with E-state index in [0.717, 1.165) is 6.42 Å². The summed E-state index contributed by atoms with van der Waals surface area (Å²) in [5, 5.41) is 0. The summed E-state index contributed by atoms with van der Waals surface area (Å²) in [5.74, 6) is 0. The van der Waals surface area contributed by atoms with Gasteiger partial charge in [0.15, 0.2) is 0 Å². The molecule has 0 heterocycles. The van der Waals surface area contributed by atoms with Gasteiger partial charge in [-0.05, 0) is 39.7 Å². The Labute approximate surface area is 131 Å². The van der Waals surface area contributed by atoms with Gasteiger partial charge in [0.05, 0.1) is 0 Å². The molecule has 0 heteroatoms. The summed E-state index contributed by atoms with van der Waals surface area (Å²) < 4.78 is 0. The topological polar surface area (TPSA) is 0 Å². The molecule has 0 aliphatic heterocycles. The van der Waals surface area contributed by atoms with Crippen molar-refractivity contribution in [2.75, 3.05) is 0 Å².